The van der Waals surface area contributed by atoms with Crippen LogP contribution >= 0.6 is 0 Å². The molecule has 2 unspecified atom stereocenters. The fourth-order valence-corrected chi connectivity index (χ4v) is 3.42. The van der Waals surface area contributed by atoms with Gasteiger partial charge in [0.1, 0.15) is 12.5 Å². The van der Waals surface area contributed by atoms with Gasteiger partial charge in [0.05, 0.1) is 23.7 Å². The minimum atomic E-state index is -0.0870. The molecule has 2 aliphatic heterocycles. The molecule has 0 saturated carbocycles. The molecular weight excluding hydrogens is 286 g/mol. The van der Waals surface area contributed by atoms with E-state index in [2.05, 4.69) is 58.3 Å². The highest BCUT2D eigenvalue weighted by atomic mass is 15.3. The lowest BCUT2D eigenvalue weighted by atomic mass is 9.84. The van der Waals surface area contributed by atoms with Crippen LogP contribution in [0.2, 0.25) is 0 Å². The van der Waals surface area contributed by atoms with Crippen LogP contribution < -0.4 is 10.6 Å². The molecule has 114 valence electrons. The maximum Gasteiger partial charge on any atom is 0.135 e. The molecule has 2 aromatic rings. The van der Waals surface area contributed by atoms with Gasteiger partial charge in [0.2, 0.25) is 0 Å². The van der Waals surface area contributed by atoms with Crippen LogP contribution in [0.1, 0.15) is 17.0 Å². The first-order valence-corrected chi connectivity index (χ1v) is 7.56. The molecule has 0 bridgehead atoms. The van der Waals surface area contributed by atoms with E-state index >= 15 is 0 Å². The van der Waals surface area contributed by atoms with E-state index < -0.39 is 0 Å². The van der Waals surface area contributed by atoms with E-state index in [9.17, 15) is 0 Å². The van der Waals surface area contributed by atoms with Crippen LogP contribution in [0.25, 0.3) is 0 Å². The van der Waals surface area contributed by atoms with E-state index in [1.165, 1.54) is 23.8 Å². The highest BCUT2D eigenvalue weighted by Gasteiger charge is 2.41. The summed E-state index contributed by atoms with van der Waals surface area (Å²) in [6, 6.07) is 16.6. The van der Waals surface area contributed by atoms with Gasteiger partial charge in [-0.15, -0.1) is 0 Å². The first kappa shape index (κ1) is 13.7. The molecular formula is C18H17N5. The lowest BCUT2D eigenvalue weighted by molar-refractivity contribution is 0.616. The van der Waals surface area contributed by atoms with Crippen molar-refractivity contribution in [3.63, 3.8) is 0 Å². The van der Waals surface area contributed by atoms with Crippen molar-refractivity contribution in [2.45, 2.75) is 12.1 Å². The van der Waals surface area contributed by atoms with Crippen molar-refractivity contribution in [3.8, 4) is 0 Å². The van der Waals surface area contributed by atoms with E-state index in [4.69, 9.17) is 10.7 Å². The number of nitrogens with two attached hydrogens (primary N) is 1. The van der Waals surface area contributed by atoms with Gasteiger partial charge >= 0.3 is 0 Å². The average Bonchev–Trinajstić information content (AvgIpc) is 2.98. The molecule has 0 saturated heterocycles. The monoisotopic (exact) mass is 303 g/mol. The molecule has 0 aliphatic carbocycles. The third-order valence-electron chi connectivity index (χ3n) is 4.43. The number of aliphatic imine (C=N–C) groups is 3. The fraction of sp³-hybridized carbons (Fsp3) is 0.167. The second-order valence-electron chi connectivity index (χ2n) is 5.64. The number of benzene rings is 2. The van der Waals surface area contributed by atoms with E-state index in [1.807, 2.05) is 12.1 Å². The summed E-state index contributed by atoms with van der Waals surface area (Å²) in [6.45, 7) is 0. The molecule has 23 heavy (non-hydrogen) atoms. The summed E-state index contributed by atoms with van der Waals surface area (Å²) in [4.78, 5) is 15.6. The minimum absolute atomic E-state index is 0.0870. The van der Waals surface area contributed by atoms with Crippen LogP contribution in [0.3, 0.4) is 0 Å². The predicted octanol–water partition coefficient (Wildman–Crippen LogP) is 2.70. The standard InChI is InChI=1S/C18H17N5/c1-23-15-9-5-3-7-13(15)17-16(18(23)21-11-20-10-19)12-6-2-4-8-14(12)22-17/h2-11,16,18H,1H3,(H2,19,20,21). The summed E-state index contributed by atoms with van der Waals surface area (Å²) < 4.78 is 0. The Bertz CT molecular complexity index is 837. The van der Waals surface area contributed by atoms with E-state index in [0.717, 1.165) is 17.1 Å². The normalized spacial score (nSPS) is 22.1. The van der Waals surface area contributed by atoms with Crippen molar-refractivity contribution in [2.24, 2.45) is 20.7 Å². The number of anilines is 1. The van der Waals surface area contributed by atoms with Gasteiger partial charge < -0.3 is 10.6 Å². The Labute approximate surface area is 134 Å². The topological polar surface area (TPSA) is 66.3 Å². The molecule has 0 amide bonds. The van der Waals surface area contributed by atoms with Crippen LogP contribution in [-0.2, 0) is 0 Å². The highest BCUT2D eigenvalue weighted by Crippen LogP contribution is 2.46. The SMILES string of the molecule is CN1c2ccccc2C2=Nc3ccccc3C2C1/N=C/N=CN. The van der Waals surface area contributed by atoms with Crippen molar-refractivity contribution >= 4 is 29.8 Å². The Morgan fingerprint density at radius 2 is 1.91 bits per heavy atom. The average molecular weight is 303 g/mol. The van der Waals surface area contributed by atoms with Gasteiger partial charge in [-0.25, -0.2) is 9.98 Å². The van der Waals surface area contributed by atoms with Gasteiger partial charge in [-0.3, -0.25) is 4.99 Å². The number of likely N-dealkylation sites (N-methyl/N-ethyl adjacent to an activating group) is 1. The Balaban J connectivity index is 1.90. The Kier molecular flexibility index (Phi) is 3.19. The number of rotatable bonds is 2. The maximum absolute atomic E-state index is 5.32. The third-order valence-corrected chi connectivity index (χ3v) is 4.43. The largest absolute Gasteiger partial charge is 0.390 e. The molecule has 5 nitrogen and oxygen atoms in total. The molecule has 0 radical (unpaired) electrons. The number of fused-ring (bicyclic) bond motifs is 5. The number of hydrogen-bond acceptors (Lipinski definition) is 3. The lowest BCUT2D eigenvalue weighted by Crippen LogP contribution is -2.43. The smallest absolute Gasteiger partial charge is 0.135 e. The van der Waals surface area contributed by atoms with Gasteiger partial charge in [-0.1, -0.05) is 36.4 Å². The van der Waals surface area contributed by atoms with Gasteiger partial charge in [-0.05, 0) is 17.7 Å². The summed E-state index contributed by atoms with van der Waals surface area (Å²) in [5.74, 6) is 0.107. The molecule has 2 aliphatic rings. The van der Waals surface area contributed by atoms with Crippen molar-refractivity contribution in [2.75, 3.05) is 11.9 Å². The molecule has 4 rings (SSSR count). The summed E-state index contributed by atoms with van der Waals surface area (Å²) in [5, 5.41) is 0. The second kappa shape index (κ2) is 5.35. The molecule has 0 spiro atoms. The summed E-state index contributed by atoms with van der Waals surface area (Å²) in [5.41, 5.74) is 10.9. The van der Waals surface area contributed by atoms with Gasteiger partial charge in [-0.2, -0.15) is 0 Å². The molecule has 0 aromatic heterocycles. The van der Waals surface area contributed by atoms with Crippen LogP contribution in [0, 0.1) is 0 Å². The first-order valence-electron chi connectivity index (χ1n) is 7.56. The zero-order chi connectivity index (χ0) is 15.8. The van der Waals surface area contributed by atoms with Crippen LogP contribution in [-0.4, -0.2) is 31.6 Å². The Morgan fingerprint density at radius 3 is 2.78 bits per heavy atom. The first-order chi connectivity index (χ1) is 11.3. The van der Waals surface area contributed by atoms with Crippen molar-refractivity contribution in [1.29, 1.82) is 0 Å². The maximum atomic E-state index is 5.32. The van der Waals surface area contributed by atoms with Gasteiger partial charge in [0.25, 0.3) is 0 Å². The Hall–Kier alpha value is -2.95. The lowest BCUT2D eigenvalue weighted by Gasteiger charge is -2.38. The summed E-state index contributed by atoms with van der Waals surface area (Å²) in [7, 11) is 2.06. The third kappa shape index (κ3) is 2.04. The van der Waals surface area contributed by atoms with Crippen molar-refractivity contribution in [3.05, 3.63) is 59.7 Å². The zero-order valence-corrected chi connectivity index (χ0v) is 12.8. The van der Waals surface area contributed by atoms with E-state index in [-0.39, 0.29) is 12.1 Å². The molecule has 2 heterocycles. The molecule has 2 N–H and O–H groups in total. The molecule has 2 aromatic carbocycles. The number of para-hydroxylation sites is 2. The van der Waals surface area contributed by atoms with Crippen molar-refractivity contribution in [1.82, 2.24) is 0 Å². The summed E-state index contributed by atoms with van der Waals surface area (Å²) in [6.07, 6.45) is 2.68. The van der Waals surface area contributed by atoms with Gasteiger partial charge in [0, 0.05) is 18.3 Å². The van der Waals surface area contributed by atoms with E-state index in [1.54, 1.807) is 0 Å². The predicted molar refractivity (Wildman–Crippen MR) is 95.2 cm³/mol. The zero-order valence-electron chi connectivity index (χ0n) is 12.8. The van der Waals surface area contributed by atoms with Crippen molar-refractivity contribution < 1.29 is 0 Å². The van der Waals surface area contributed by atoms with Crippen LogP contribution in [0.15, 0.2) is 63.5 Å². The quantitative estimate of drug-likeness (QED) is 0.684. The van der Waals surface area contributed by atoms with Crippen LogP contribution in [0.4, 0.5) is 11.4 Å². The summed E-state index contributed by atoms with van der Waals surface area (Å²) >= 11 is 0. The Morgan fingerprint density at radius 1 is 1.13 bits per heavy atom. The number of hydrogen-bond donors (Lipinski definition) is 1. The van der Waals surface area contributed by atoms with Crippen LogP contribution in [0.5, 0.6) is 0 Å². The highest BCUT2D eigenvalue weighted by molar-refractivity contribution is 6.15. The van der Waals surface area contributed by atoms with E-state index in [0.29, 0.717) is 0 Å². The second-order valence-corrected chi connectivity index (χ2v) is 5.64. The minimum Gasteiger partial charge on any atom is -0.390 e. The van der Waals surface area contributed by atoms with Gasteiger partial charge in [0.15, 0.2) is 0 Å². The fourth-order valence-electron chi connectivity index (χ4n) is 3.42. The molecule has 2 atom stereocenters. The molecule has 0 fully saturated rings. The molecule has 5 heteroatoms. The number of nitrogens with zero attached hydrogens (tertiary/aromatic N) is 4.